The maximum Gasteiger partial charge on any atom is 0.251 e. The smallest absolute Gasteiger partial charge is 0.251 e. The van der Waals surface area contributed by atoms with Gasteiger partial charge in [-0.25, -0.2) is 0 Å². The molecule has 0 bridgehead atoms. The van der Waals surface area contributed by atoms with E-state index in [1.165, 1.54) is 6.20 Å². The lowest BCUT2D eigenvalue weighted by atomic mass is 10.1. The van der Waals surface area contributed by atoms with Gasteiger partial charge in [-0.3, -0.25) is 9.78 Å². The minimum absolute atomic E-state index is 0.242. The van der Waals surface area contributed by atoms with Crippen LogP contribution >= 0.6 is 27.5 Å². The number of aromatic nitrogens is 1. The van der Waals surface area contributed by atoms with Crippen molar-refractivity contribution < 1.29 is 4.79 Å². The maximum atomic E-state index is 11.1. The SMILES string of the molecule is Cc1cc(Br)cc2c(Cl)c(C(N)=O)cnc12. The van der Waals surface area contributed by atoms with E-state index in [1.54, 1.807) is 0 Å². The van der Waals surface area contributed by atoms with E-state index in [0.29, 0.717) is 5.02 Å². The van der Waals surface area contributed by atoms with Gasteiger partial charge >= 0.3 is 0 Å². The van der Waals surface area contributed by atoms with Crippen LogP contribution in [0.4, 0.5) is 0 Å². The number of nitrogens with two attached hydrogens (primary N) is 1. The minimum Gasteiger partial charge on any atom is -0.366 e. The zero-order chi connectivity index (χ0) is 11.9. The Morgan fingerprint density at radius 2 is 2.19 bits per heavy atom. The Balaban J connectivity index is 2.89. The molecule has 0 aliphatic carbocycles. The fourth-order valence-electron chi connectivity index (χ4n) is 1.58. The van der Waals surface area contributed by atoms with Crippen LogP contribution in [0.25, 0.3) is 10.9 Å². The average Bonchev–Trinajstić information content (AvgIpc) is 2.19. The molecule has 0 atom stereocenters. The maximum absolute atomic E-state index is 11.1. The molecule has 2 aromatic rings. The highest BCUT2D eigenvalue weighted by Crippen LogP contribution is 2.30. The topological polar surface area (TPSA) is 56.0 Å². The number of carbonyl (C=O) groups excluding carboxylic acids is 1. The molecule has 3 nitrogen and oxygen atoms in total. The first-order chi connectivity index (χ1) is 7.50. The summed E-state index contributed by atoms with van der Waals surface area (Å²) < 4.78 is 0.892. The summed E-state index contributed by atoms with van der Waals surface area (Å²) in [6, 6.07) is 3.76. The van der Waals surface area contributed by atoms with Crippen LogP contribution in [-0.2, 0) is 0 Å². The van der Waals surface area contributed by atoms with Gasteiger partial charge in [-0.2, -0.15) is 0 Å². The van der Waals surface area contributed by atoms with Crippen molar-refractivity contribution in [3.8, 4) is 0 Å². The number of nitrogens with zero attached hydrogens (tertiary/aromatic N) is 1. The zero-order valence-electron chi connectivity index (χ0n) is 8.42. The Hall–Kier alpha value is -1.13. The predicted octanol–water partition coefficient (Wildman–Crippen LogP) is 3.06. The van der Waals surface area contributed by atoms with Crippen LogP contribution in [0.15, 0.2) is 22.8 Å². The highest BCUT2D eigenvalue weighted by Gasteiger charge is 2.12. The number of carbonyl (C=O) groups is 1. The number of benzene rings is 1. The van der Waals surface area contributed by atoms with E-state index in [1.807, 2.05) is 19.1 Å². The number of rotatable bonds is 1. The van der Waals surface area contributed by atoms with Gasteiger partial charge in [0.25, 0.3) is 5.91 Å². The van der Waals surface area contributed by atoms with E-state index in [0.717, 1.165) is 20.9 Å². The molecule has 2 N–H and O–H groups in total. The Morgan fingerprint density at radius 1 is 1.50 bits per heavy atom. The van der Waals surface area contributed by atoms with Gasteiger partial charge in [0.2, 0.25) is 0 Å². The summed E-state index contributed by atoms with van der Waals surface area (Å²) in [5, 5.41) is 1.08. The largest absolute Gasteiger partial charge is 0.366 e. The molecule has 0 spiro atoms. The third-order valence-corrected chi connectivity index (χ3v) is 3.19. The molecule has 0 unspecified atom stereocenters. The Morgan fingerprint density at radius 3 is 2.81 bits per heavy atom. The summed E-state index contributed by atoms with van der Waals surface area (Å²) in [4.78, 5) is 15.3. The molecule has 0 saturated carbocycles. The molecule has 0 fully saturated rings. The highest BCUT2D eigenvalue weighted by molar-refractivity contribution is 9.10. The molecule has 1 aromatic carbocycles. The lowest BCUT2D eigenvalue weighted by Crippen LogP contribution is -2.12. The molecular formula is C11H8BrClN2O. The summed E-state index contributed by atoms with van der Waals surface area (Å²) in [5.74, 6) is -0.572. The molecule has 0 aliphatic rings. The molecule has 0 radical (unpaired) electrons. The van der Waals surface area contributed by atoms with Crippen molar-refractivity contribution in [3.05, 3.63) is 39.0 Å². The number of fused-ring (bicyclic) bond motifs is 1. The predicted molar refractivity (Wildman–Crippen MR) is 67.7 cm³/mol. The van der Waals surface area contributed by atoms with Gasteiger partial charge < -0.3 is 5.73 Å². The number of pyridine rings is 1. The first-order valence-corrected chi connectivity index (χ1v) is 5.72. The second-order valence-electron chi connectivity index (χ2n) is 3.47. The molecule has 2 rings (SSSR count). The van der Waals surface area contributed by atoms with Crippen LogP contribution in [0.3, 0.4) is 0 Å². The van der Waals surface area contributed by atoms with E-state index >= 15 is 0 Å². The van der Waals surface area contributed by atoms with Crippen LogP contribution in [0.5, 0.6) is 0 Å². The van der Waals surface area contributed by atoms with E-state index in [9.17, 15) is 4.79 Å². The first-order valence-electron chi connectivity index (χ1n) is 4.55. The van der Waals surface area contributed by atoms with Crippen LogP contribution in [0.2, 0.25) is 5.02 Å². The van der Waals surface area contributed by atoms with Crippen LogP contribution in [0, 0.1) is 6.92 Å². The number of aryl methyl sites for hydroxylation is 1. The van der Waals surface area contributed by atoms with E-state index < -0.39 is 5.91 Å². The monoisotopic (exact) mass is 298 g/mol. The van der Waals surface area contributed by atoms with Crippen molar-refractivity contribution in [1.29, 1.82) is 0 Å². The summed E-state index contributed by atoms with van der Waals surface area (Å²) in [6.07, 6.45) is 1.41. The quantitative estimate of drug-likeness (QED) is 0.880. The molecule has 1 amide bonds. The standard InChI is InChI=1S/C11H8BrClN2O/c1-5-2-6(12)3-7-9(13)8(11(14)16)4-15-10(5)7/h2-4H,1H3,(H2,14,16). The van der Waals surface area contributed by atoms with Crippen molar-refractivity contribution in [2.45, 2.75) is 6.92 Å². The van der Waals surface area contributed by atoms with E-state index in [2.05, 4.69) is 20.9 Å². The lowest BCUT2D eigenvalue weighted by Gasteiger charge is -2.07. The van der Waals surface area contributed by atoms with Crippen LogP contribution < -0.4 is 5.73 Å². The van der Waals surface area contributed by atoms with E-state index in [-0.39, 0.29) is 5.56 Å². The zero-order valence-corrected chi connectivity index (χ0v) is 10.8. The Kier molecular flexibility index (Phi) is 2.86. The summed E-state index contributed by atoms with van der Waals surface area (Å²) >= 11 is 9.50. The van der Waals surface area contributed by atoms with Crippen molar-refractivity contribution in [3.63, 3.8) is 0 Å². The van der Waals surface area contributed by atoms with Crippen molar-refractivity contribution >= 4 is 44.3 Å². The van der Waals surface area contributed by atoms with Gasteiger partial charge in [0.05, 0.1) is 16.1 Å². The molecular weight excluding hydrogens is 291 g/mol. The number of hydrogen-bond donors (Lipinski definition) is 1. The van der Waals surface area contributed by atoms with Crippen molar-refractivity contribution in [1.82, 2.24) is 4.98 Å². The first kappa shape index (κ1) is 11.4. The average molecular weight is 300 g/mol. The molecule has 82 valence electrons. The third-order valence-electron chi connectivity index (χ3n) is 2.33. The third kappa shape index (κ3) is 1.79. The second-order valence-corrected chi connectivity index (χ2v) is 4.76. The molecule has 0 aliphatic heterocycles. The van der Waals surface area contributed by atoms with Gasteiger partial charge in [0.15, 0.2) is 0 Å². The van der Waals surface area contributed by atoms with Crippen LogP contribution in [-0.4, -0.2) is 10.9 Å². The molecule has 1 heterocycles. The second kappa shape index (κ2) is 4.03. The number of amides is 1. The van der Waals surface area contributed by atoms with Gasteiger partial charge in [-0.05, 0) is 24.6 Å². The molecule has 0 saturated heterocycles. The highest BCUT2D eigenvalue weighted by atomic mass is 79.9. The van der Waals surface area contributed by atoms with E-state index in [4.69, 9.17) is 17.3 Å². The lowest BCUT2D eigenvalue weighted by molar-refractivity contribution is 0.100. The van der Waals surface area contributed by atoms with Gasteiger partial charge in [0.1, 0.15) is 0 Å². The normalized spacial score (nSPS) is 10.7. The Bertz CT molecular complexity index is 598. The number of hydrogen-bond acceptors (Lipinski definition) is 2. The van der Waals surface area contributed by atoms with Gasteiger partial charge in [-0.1, -0.05) is 27.5 Å². The number of primary amides is 1. The Labute approximate surface area is 106 Å². The summed E-state index contributed by atoms with van der Waals surface area (Å²) in [6.45, 7) is 1.93. The molecule has 5 heteroatoms. The van der Waals surface area contributed by atoms with Crippen molar-refractivity contribution in [2.24, 2.45) is 5.73 Å². The van der Waals surface area contributed by atoms with Crippen molar-refractivity contribution in [2.75, 3.05) is 0 Å². The minimum atomic E-state index is -0.572. The fourth-order valence-corrected chi connectivity index (χ4v) is 2.44. The van der Waals surface area contributed by atoms with Crippen LogP contribution in [0.1, 0.15) is 15.9 Å². The molecule has 16 heavy (non-hydrogen) atoms. The summed E-state index contributed by atoms with van der Waals surface area (Å²) in [5.41, 5.74) is 7.21. The van der Waals surface area contributed by atoms with Gasteiger partial charge in [-0.15, -0.1) is 0 Å². The fraction of sp³-hybridized carbons (Fsp3) is 0.0909. The van der Waals surface area contributed by atoms with Gasteiger partial charge in [0, 0.05) is 16.1 Å². The summed E-state index contributed by atoms with van der Waals surface area (Å²) in [7, 11) is 0. The number of halogens is 2. The molecule has 1 aromatic heterocycles.